The quantitative estimate of drug-likeness (QED) is 0.493. The Labute approximate surface area is 119 Å². The molecular weight excluding hydrogens is 247 g/mol. The second-order valence-corrected chi connectivity index (χ2v) is 7.00. The molecule has 0 fully saturated rings. The highest BCUT2D eigenvalue weighted by atomic mass is 31.0. The molecule has 0 aliphatic rings. The molecule has 0 aliphatic heterocycles. The maximum absolute atomic E-state index is 2.34. The third-order valence-corrected chi connectivity index (χ3v) is 5.58. The topological polar surface area (TPSA) is 0 Å². The molecular formula is C18H27P. The van der Waals surface area contributed by atoms with Crippen LogP contribution in [0.1, 0.15) is 63.0 Å². The number of hydrogen-bond acceptors (Lipinski definition) is 0. The van der Waals surface area contributed by atoms with E-state index in [2.05, 4.69) is 38.1 Å². The molecule has 0 nitrogen and oxygen atoms in total. The minimum Gasteiger partial charge on any atom is -0.132 e. The molecule has 19 heavy (non-hydrogen) atoms. The summed E-state index contributed by atoms with van der Waals surface area (Å²) in [5.41, 5.74) is 0. The van der Waals surface area contributed by atoms with Gasteiger partial charge in [-0.1, -0.05) is 63.8 Å². The Morgan fingerprint density at radius 1 is 0.737 bits per heavy atom. The van der Waals surface area contributed by atoms with Gasteiger partial charge in [0.25, 0.3) is 0 Å². The summed E-state index contributed by atoms with van der Waals surface area (Å²) >= 11 is 0. The Morgan fingerprint density at radius 3 is 1.63 bits per heavy atom. The lowest BCUT2D eigenvalue weighted by molar-refractivity contribution is 0.723. The van der Waals surface area contributed by atoms with Crippen molar-refractivity contribution in [3.05, 3.63) is 34.9 Å². The summed E-state index contributed by atoms with van der Waals surface area (Å²) in [7, 11) is 0.984. The highest BCUT2D eigenvalue weighted by Gasteiger charge is 2.08. The van der Waals surface area contributed by atoms with Crippen LogP contribution in [0.15, 0.2) is 24.3 Å². The summed E-state index contributed by atoms with van der Waals surface area (Å²) in [5, 5.41) is 6.61. The normalized spacial score (nSPS) is 11.3. The van der Waals surface area contributed by atoms with E-state index in [9.17, 15) is 0 Å². The van der Waals surface area contributed by atoms with E-state index in [0.29, 0.717) is 0 Å². The molecule has 0 radical (unpaired) electrons. The van der Waals surface area contributed by atoms with Gasteiger partial charge in [-0.05, 0) is 47.0 Å². The fourth-order valence-electron chi connectivity index (χ4n) is 2.82. The van der Waals surface area contributed by atoms with Gasteiger partial charge in [-0.25, -0.2) is 0 Å². The van der Waals surface area contributed by atoms with Gasteiger partial charge in [0.15, 0.2) is 0 Å². The molecule has 2 aromatic rings. The van der Waals surface area contributed by atoms with Gasteiger partial charge < -0.3 is 0 Å². The number of aryl methyl sites for hydroxylation is 2. The molecule has 0 N–H and O–H groups in total. The molecule has 0 amide bonds. The highest BCUT2D eigenvalue weighted by Crippen LogP contribution is 2.37. The van der Waals surface area contributed by atoms with E-state index in [1.54, 1.807) is 21.4 Å². The van der Waals surface area contributed by atoms with Crippen molar-refractivity contribution in [1.29, 1.82) is 0 Å². The van der Waals surface area contributed by atoms with Crippen LogP contribution in [0.5, 0.6) is 0 Å². The van der Waals surface area contributed by atoms with Crippen molar-refractivity contribution in [3.8, 4) is 0 Å². The first kappa shape index (κ1) is 14.7. The monoisotopic (exact) mass is 274 g/mol. The molecule has 0 atom stereocenters. The van der Waals surface area contributed by atoms with E-state index < -0.39 is 0 Å². The SMILES string of the molecule is CCCCCc1[pH]c(CCCCC)c2ccccc12. The summed E-state index contributed by atoms with van der Waals surface area (Å²) in [6, 6.07) is 9.10. The standard InChI is InChI=1S/C18H27P/c1-3-5-7-13-17-15-11-9-10-12-16(15)18(19-17)14-8-6-4-2/h9-12,19H,3-8,13-14H2,1-2H3. The van der Waals surface area contributed by atoms with Crippen LogP contribution < -0.4 is 0 Å². The maximum Gasteiger partial charge on any atom is -0.0109 e. The minimum absolute atomic E-state index is 0.984. The van der Waals surface area contributed by atoms with Crippen molar-refractivity contribution in [2.45, 2.75) is 65.2 Å². The van der Waals surface area contributed by atoms with Crippen molar-refractivity contribution in [3.63, 3.8) is 0 Å². The molecule has 0 saturated carbocycles. The van der Waals surface area contributed by atoms with Crippen LogP contribution in [-0.2, 0) is 12.8 Å². The lowest BCUT2D eigenvalue weighted by atomic mass is 10.1. The van der Waals surface area contributed by atoms with Crippen molar-refractivity contribution >= 4 is 19.0 Å². The van der Waals surface area contributed by atoms with Gasteiger partial charge in [0.1, 0.15) is 0 Å². The fraction of sp³-hybridized carbons (Fsp3) is 0.556. The molecule has 0 bridgehead atoms. The van der Waals surface area contributed by atoms with E-state index in [0.717, 1.165) is 8.19 Å². The number of hydrogen-bond donors (Lipinski definition) is 0. The number of fused-ring (bicyclic) bond motifs is 1. The molecule has 1 aromatic carbocycles. The minimum atomic E-state index is 0.984. The molecule has 2 rings (SSSR count). The average molecular weight is 274 g/mol. The number of rotatable bonds is 8. The zero-order valence-electron chi connectivity index (χ0n) is 12.5. The zero-order valence-corrected chi connectivity index (χ0v) is 13.5. The predicted octanol–water partition coefficient (Wildman–Crippen LogP) is 6.34. The number of unbranched alkanes of at least 4 members (excludes halogenated alkanes) is 4. The van der Waals surface area contributed by atoms with Crippen LogP contribution in [0.25, 0.3) is 10.8 Å². The summed E-state index contributed by atoms with van der Waals surface area (Å²) < 4.78 is 0. The van der Waals surface area contributed by atoms with Gasteiger partial charge in [0.05, 0.1) is 0 Å². The summed E-state index contributed by atoms with van der Waals surface area (Å²) in [6.07, 6.45) is 10.8. The summed E-state index contributed by atoms with van der Waals surface area (Å²) in [4.78, 5) is 0. The first-order valence-electron chi connectivity index (χ1n) is 7.95. The first-order valence-corrected chi connectivity index (χ1v) is 8.95. The Bertz CT molecular complexity index is 451. The predicted molar refractivity (Wildman–Crippen MR) is 89.9 cm³/mol. The van der Waals surface area contributed by atoms with Gasteiger partial charge in [-0.3, -0.25) is 0 Å². The van der Waals surface area contributed by atoms with Crippen LogP contribution in [0.2, 0.25) is 0 Å². The number of benzene rings is 1. The van der Waals surface area contributed by atoms with Gasteiger partial charge in [0.2, 0.25) is 0 Å². The van der Waals surface area contributed by atoms with Crippen LogP contribution in [0, 0.1) is 0 Å². The van der Waals surface area contributed by atoms with Gasteiger partial charge >= 0.3 is 0 Å². The highest BCUT2D eigenvalue weighted by molar-refractivity contribution is 7.33. The Hall–Kier alpha value is -0.740. The van der Waals surface area contributed by atoms with Crippen LogP contribution in [0.3, 0.4) is 0 Å². The van der Waals surface area contributed by atoms with Crippen molar-refractivity contribution < 1.29 is 0 Å². The summed E-state index contributed by atoms with van der Waals surface area (Å²) in [6.45, 7) is 4.58. The van der Waals surface area contributed by atoms with E-state index in [-0.39, 0.29) is 0 Å². The Balaban J connectivity index is 2.16. The van der Waals surface area contributed by atoms with E-state index in [1.807, 2.05) is 0 Å². The summed E-state index contributed by atoms with van der Waals surface area (Å²) in [5.74, 6) is 0. The maximum atomic E-state index is 2.34. The first-order chi connectivity index (χ1) is 9.36. The van der Waals surface area contributed by atoms with Gasteiger partial charge in [-0.15, -0.1) is 8.19 Å². The van der Waals surface area contributed by atoms with Crippen molar-refractivity contribution in [2.75, 3.05) is 0 Å². The second-order valence-electron chi connectivity index (χ2n) is 5.54. The smallest absolute Gasteiger partial charge is 0.0109 e. The molecule has 1 heterocycles. The van der Waals surface area contributed by atoms with Crippen molar-refractivity contribution in [1.82, 2.24) is 0 Å². The van der Waals surface area contributed by atoms with Gasteiger partial charge in [-0.2, -0.15) is 0 Å². The van der Waals surface area contributed by atoms with E-state index >= 15 is 0 Å². The lowest BCUT2D eigenvalue weighted by Crippen LogP contribution is -1.81. The molecule has 0 unspecified atom stereocenters. The molecule has 0 saturated heterocycles. The van der Waals surface area contributed by atoms with Crippen LogP contribution >= 0.6 is 8.19 Å². The average Bonchev–Trinajstić information content (AvgIpc) is 2.79. The zero-order chi connectivity index (χ0) is 13.5. The largest absolute Gasteiger partial charge is 0.132 e. The van der Waals surface area contributed by atoms with Crippen molar-refractivity contribution in [2.24, 2.45) is 0 Å². The van der Waals surface area contributed by atoms with Crippen LogP contribution in [0.4, 0.5) is 0 Å². The third-order valence-electron chi connectivity index (χ3n) is 3.94. The van der Waals surface area contributed by atoms with Gasteiger partial charge in [0, 0.05) is 0 Å². The molecule has 104 valence electrons. The second kappa shape index (κ2) is 7.75. The molecule has 1 heteroatoms. The fourth-order valence-corrected chi connectivity index (χ4v) is 4.50. The Kier molecular flexibility index (Phi) is 5.98. The third kappa shape index (κ3) is 3.86. The lowest BCUT2D eigenvalue weighted by Gasteiger charge is -1.98. The molecule has 0 aliphatic carbocycles. The molecule has 1 aromatic heterocycles. The molecule has 0 spiro atoms. The van der Waals surface area contributed by atoms with E-state index in [1.165, 1.54) is 51.4 Å². The Morgan fingerprint density at radius 2 is 1.21 bits per heavy atom. The van der Waals surface area contributed by atoms with E-state index in [4.69, 9.17) is 0 Å². The van der Waals surface area contributed by atoms with Crippen LogP contribution in [-0.4, -0.2) is 0 Å².